The van der Waals surface area contributed by atoms with Crippen molar-refractivity contribution >= 4 is 23.4 Å². The fraction of sp³-hybridized carbons (Fsp3) is 0.560. The molecule has 0 aromatic heterocycles. The summed E-state index contributed by atoms with van der Waals surface area (Å²) in [4.78, 5) is 42.3. The molecular weight excluding hydrogens is 406 g/mol. The number of ether oxygens (including phenoxy) is 1. The number of amides is 3. The van der Waals surface area contributed by atoms with E-state index in [1.54, 1.807) is 4.90 Å². The van der Waals surface area contributed by atoms with Gasteiger partial charge in [-0.05, 0) is 44.2 Å². The molecule has 2 saturated heterocycles. The standard InChI is InChI=1S/C25H29N3O4/c1-14-6-2-5-9-17(14)27-22(29)19-18-12-13-25(32-18)20(19)24(31)28(16-10-11-16)21(25)23(30)26-15-7-3-4-8-15/h2,5-6,9,12-13,15-16,18-21H,3-4,7-8,10-11H2,1H3,(H,26,30)(H,27,29)/t18-,19-,20-,21-,25-/m1/s1. The molecule has 1 aromatic carbocycles. The third-order valence-electron chi connectivity index (χ3n) is 7.91. The van der Waals surface area contributed by atoms with Gasteiger partial charge in [0, 0.05) is 17.8 Å². The van der Waals surface area contributed by atoms with Crippen molar-refractivity contribution < 1.29 is 19.1 Å². The molecule has 2 saturated carbocycles. The van der Waals surface area contributed by atoms with Crippen LogP contribution in [0.5, 0.6) is 0 Å². The largest absolute Gasteiger partial charge is 0.359 e. The highest BCUT2D eigenvalue weighted by molar-refractivity contribution is 6.03. The second kappa shape index (κ2) is 7.17. The number of hydrogen-bond donors (Lipinski definition) is 2. The predicted octanol–water partition coefficient (Wildman–Crippen LogP) is 2.31. The van der Waals surface area contributed by atoms with Crippen LogP contribution in [-0.4, -0.2) is 52.5 Å². The fourth-order valence-electron chi connectivity index (χ4n) is 6.23. The van der Waals surface area contributed by atoms with E-state index < -0.39 is 29.6 Å². The Labute approximate surface area is 187 Å². The number of anilines is 1. The van der Waals surface area contributed by atoms with Crippen LogP contribution in [0.25, 0.3) is 0 Å². The van der Waals surface area contributed by atoms with Crippen molar-refractivity contribution in [3.05, 3.63) is 42.0 Å². The van der Waals surface area contributed by atoms with Gasteiger partial charge in [0.25, 0.3) is 0 Å². The molecule has 2 N–H and O–H groups in total. The summed E-state index contributed by atoms with van der Waals surface area (Å²) < 4.78 is 6.37. The molecule has 4 fully saturated rings. The number of nitrogens with zero attached hydrogens (tertiary/aromatic N) is 1. The maximum absolute atomic E-state index is 13.7. The normalized spacial score (nSPS) is 35.4. The average molecular weight is 436 g/mol. The van der Waals surface area contributed by atoms with Crippen LogP contribution in [0, 0.1) is 18.8 Å². The first-order chi connectivity index (χ1) is 15.5. The summed E-state index contributed by atoms with van der Waals surface area (Å²) in [5.41, 5.74) is 0.639. The Morgan fingerprint density at radius 2 is 1.84 bits per heavy atom. The van der Waals surface area contributed by atoms with Gasteiger partial charge in [0.2, 0.25) is 17.7 Å². The molecule has 32 heavy (non-hydrogen) atoms. The molecule has 1 spiro atoms. The molecule has 1 aromatic rings. The van der Waals surface area contributed by atoms with Gasteiger partial charge in [0.15, 0.2) is 0 Å². The average Bonchev–Trinajstić information content (AvgIpc) is 3.12. The lowest BCUT2D eigenvalue weighted by Gasteiger charge is -2.33. The zero-order valence-electron chi connectivity index (χ0n) is 18.3. The lowest BCUT2D eigenvalue weighted by molar-refractivity contribution is -0.142. The van der Waals surface area contributed by atoms with Crippen molar-refractivity contribution in [2.45, 2.75) is 75.3 Å². The smallest absolute Gasteiger partial charge is 0.246 e. The molecule has 5 aliphatic rings. The molecule has 3 heterocycles. The van der Waals surface area contributed by atoms with Crippen molar-refractivity contribution in [1.82, 2.24) is 10.2 Å². The van der Waals surface area contributed by atoms with E-state index in [1.165, 1.54) is 0 Å². The van der Waals surface area contributed by atoms with Crippen LogP contribution in [-0.2, 0) is 19.1 Å². The number of hydrogen-bond acceptors (Lipinski definition) is 4. The summed E-state index contributed by atoms with van der Waals surface area (Å²) in [6.45, 7) is 1.94. The molecule has 168 valence electrons. The number of fused-ring (bicyclic) bond motifs is 1. The zero-order chi connectivity index (χ0) is 22.0. The van der Waals surface area contributed by atoms with E-state index in [9.17, 15) is 14.4 Å². The molecule has 5 atom stereocenters. The van der Waals surface area contributed by atoms with Gasteiger partial charge in [-0.25, -0.2) is 0 Å². The van der Waals surface area contributed by atoms with Crippen LogP contribution in [0.1, 0.15) is 44.1 Å². The highest BCUT2D eigenvalue weighted by atomic mass is 16.5. The fourth-order valence-corrected chi connectivity index (χ4v) is 6.23. The Morgan fingerprint density at radius 3 is 2.56 bits per heavy atom. The highest BCUT2D eigenvalue weighted by Gasteiger charge is 2.74. The van der Waals surface area contributed by atoms with Gasteiger partial charge in [-0.1, -0.05) is 43.2 Å². The van der Waals surface area contributed by atoms with Gasteiger partial charge in [-0.2, -0.15) is 0 Å². The molecule has 0 radical (unpaired) electrons. The zero-order valence-corrected chi connectivity index (χ0v) is 18.3. The molecule has 3 aliphatic heterocycles. The minimum absolute atomic E-state index is 0.0675. The number of nitrogens with one attached hydrogen (secondary N) is 2. The number of rotatable bonds is 5. The molecule has 2 aliphatic carbocycles. The second-order valence-electron chi connectivity index (χ2n) is 9.97. The first-order valence-electron chi connectivity index (χ1n) is 11.9. The minimum Gasteiger partial charge on any atom is -0.359 e. The maximum Gasteiger partial charge on any atom is 0.246 e. The van der Waals surface area contributed by atoms with Crippen LogP contribution >= 0.6 is 0 Å². The first kappa shape index (κ1) is 20.0. The number of carbonyl (C=O) groups excluding carboxylic acids is 3. The van der Waals surface area contributed by atoms with Gasteiger partial charge >= 0.3 is 0 Å². The van der Waals surface area contributed by atoms with E-state index >= 15 is 0 Å². The molecule has 2 bridgehead atoms. The van der Waals surface area contributed by atoms with Crippen molar-refractivity contribution in [2.24, 2.45) is 11.8 Å². The Morgan fingerprint density at radius 1 is 1.09 bits per heavy atom. The summed E-state index contributed by atoms with van der Waals surface area (Å²) >= 11 is 0. The molecule has 0 unspecified atom stereocenters. The summed E-state index contributed by atoms with van der Waals surface area (Å²) in [5.74, 6) is -1.78. The lowest BCUT2D eigenvalue weighted by Crippen LogP contribution is -2.56. The monoisotopic (exact) mass is 435 g/mol. The van der Waals surface area contributed by atoms with Crippen molar-refractivity contribution in [1.29, 1.82) is 0 Å². The summed E-state index contributed by atoms with van der Waals surface area (Å²) in [6, 6.07) is 7.12. The maximum atomic E-state index is 13.7. The predicted molar refractivity (Wildman–Crippen MR) is 118 cm³/mol. The summed E-state index contributed by atoms with van der Waals surface area (Å²) in [6.07, 6.45) is 9.26. The van der Waals surface area contributed by atoms with E-state index in [-0.39, 0.29) is 29.8 Å². The van der Waals surface area contributed by atoms with E-state index in [0.29, 0.717) is 0 Å². The van der Waals surface area contributed by atoms with Gasteiger partial charge in [-0.15, -0.1) is 0 Å². The number of benzene rings is 1. The Bertz CT molecular complexity index is 1010. The lowest BCUT2D eigenvalue weighted by atomic mass is 9.74. The Hall–Kier alpha value is -2.67. The number of aryl methyl sites for hydroxylation is 1. The van der Waals surface area contributed by atoms with Gasteiger partial charge in [-0.3, -0.25) is 14.4 Å². The minimum atomic E-state index is -1.05. The van der Waals surface area contributed by atoms with E-state index in [1.807, 2.05) is 43.3 Å². The van der Waals surface area contributed by atoms with E-state index in [2.05, 4.69) is 10.6 Å². The SMILES string of the molecule is Cc1ccccc1NC(=O)[C@@H]1[C@H]2C=C[C@@]3(O2)[C@H]1C(=O)N(C1CC1)[C@@H]3C(=O)NC1CCCC1. The number of para-hydroxylation sites is 1. The third-order valence-corrected chi connectivity index (χ3v) is 7.91. The van der Waals surface area contributed by atoms with Crippen molar-refractivity contribution in [2.75, 3.05) is 5.32 Å². The molecule has 7 nitrogen and oxygen atoms in total. The van der Waals surface area contributed by atoms with Crippen LogP contribution < -0.4 is 10.6 Å². The Balaban J connectivity index is 1.31. The van der Waals surface area contributed by atoms with Crippen LogP contribution in [0.4, 0.5) is 5.69 Å². The van der Waals surface area contributed by atoms with Gasteiger partial charge in [0.05, 0.1) is 17.9 Å². The second-order valence-corrected chi connectivity index (χ2v) is 9.97. The molecular formula is C25H29N3O4. The van der Waals surface area contributed by atoms with Gasteiger partial charge < -0.3 is 20.3 Å². The van der Waals surface area contributed by atoms with Crippen LogP contribution in [0.15, 0.2) is 36.4 Å². The molecule has 6 rings (SSSR count). The molecule has 7 heteroatoms. The molecule has 3 amide bonds. The van der Waals surface area contributed by atoms with E-state index in [0.717, 1.165) is 49.8 Å². The van der Waals surface area contributed by atoms with Crippen LogP contribution in [0.3, 0.4) is 0 Å². The number of likely N-dealkylation sites (tertiary alicyclic amines) is 1. The Kier molecular flexibility index (Phi) is 4.47. The first-order valence-corrected chi connectivity index (χ1v) is 11.9. The van der Waals surface area contributed by atoms with Crippen molar-refractivity contribution in [3.63, 3.8) is 0 Å². The summed E-state index contributed by atoms with van der Waals surface area (Å²) in [5, 5.41) is 6.19. The summed E-state index contributed by atoms with van der Waals surface area (Å²) in [7, 11) is 0. The topological polar surface area (TPSA) is 87.7 Å². The van der Waals surface area contributed by atoms with Crippen LogP contribution in [0.2, 0.25) is 0 Å². The highest BCUT2D eigenvalue weighted by Crippen LogP contribution is 2.57. The van der Waals surface area contributed by atoms with Crippen molar-refractivity contribution in [3.8, 4) is 0 Å². The third kappa shape index (κ3) is 2.86. The number of carbonyl (C=O) groups is 3. The van der Waals surface area contributed by atoms with Gasteiger partial charge in [0.1, 0.15) is 11.6 Å². The van der Waals surface area contributed by atoms with E-state index in [4.69, 9.17) is 4.74 Å². The quantitative estimate of drug-likeness (QED) is 0.695.